The molecular weight excluding hydrogens is 288 g/mol. The minimum atomic E-state index is -0.882. The Morgan fingerprint density at radius 1 is 1.50 bits per heavy atom. The highest BCUT2D eigenvalue weighted by atomic mass is 79.9. The van der Waals surface area contributed by atoms with Gasteiger partial charge in [0.25, 0.3) is 0 Å². The van der Waals surface area contributed by atoms with E-state index in [1.54, 1.807) is 12.1 Å². The summed E-state index contributed by atoms with van der Waals surface area (Å²) in [6, 6.07) is 5.21. The minimum absolute atomic E-state index is 0.357. The summed E-state index contributed by atoms with van der Waals surface area (Å²) in [5.74, 6) is -0.0915. The smallest absolute Gasteiger partial charge is 0.336 e. The first-order valence-electron chi connectivity index (χ1n) is 4.79. The van der Waals surface area contributed by atoms with Gasteiger partial charge in [0.1, 0.15) is 0 Å². The highest BCUT2D eigenvalue weighted by molar-refractivity contribution is 9.10. The van der Waals surface area contributed by atoms with Gasteiger partial charge < -0.3 is 5.11 Å². The van der Waals surface area contributed by atoms with Gasteiger partial charge in [-0.3, -0.25) is 0 Å². The molecule has 0 unspecified atom stereocenters. The molecule has 2 nitrogen and oxygen atoms in total. The van der Waals surface area contributed by atoms with E-state index in [1.165, 1.54) is 17.3 Å². The normalized spacial score (nSPS) is 9.94. The Morgan fingerprint density at radius 2 is 2.19 bits per heavy atom. The zero-order valence-electron chi connectivity index (χ0n) is 9.16. The van der Waals surface area contributed by atoms with Gasteiger partial charge in [-0.05, 0) is 32.0 Å². The molecule has 0 atom stereocenters. The van der Waals surface area contributed by atoms with E-state index in [-0.39, 0.29) is 0 Å². The summed E-state index contributed by atoms with van der Waals surface area (Å²) in [7, 11) is 0. The van der Waals surface area contributed by atoms with Crippen LogP contribution in [0, 0.1) is 0 Å². The van der Waals surface area contributed by atoms with Gasteiger partial charge in [-0.1, -0.05) is 27.6 Å². The lowest BCUT2D eigenvalue weighted by atomic mass is 10.2. The third-order valence-corrected chi connectivity index (χ3v) is 3.38. The maximum absolute atomic E-state index is 11.0. The number of carboxylic acids is 1. The van der Waals surface area contributed by atoms with Crippen LogP contribution in [-0.4, -0.2) is 16.8 Å². The van der Waals surface area contributed by atoms with Crippen molar-refractivity contribution in [1.82, 2.24) is 0 Å². The van der Waals surface area contributed by atoms with Crippen molar-refractivity contribution in [2.75, 3.05) is 5.75 Å². The molecule has 0 aliphatic rings. The lowest BCUT2D eigenvalue weighted by molar-refractivity contribution is 0.0693. The number of rotatable bonds is 4. The Morgan fingerprint density at radius 3 is 2.75 bits per heavy atom. The molecule has 0 bridgehead atoms. The Kier molecular flexibility index (Phi) is 5.09. The standard InChI is InChI=1S/C12H13BrO2S/c1-8(2)5-6-16-11-7-9(13)3-4-10(11)12(14)15/h3-5,7H,6H2,1-2H3,(H,14,15). The number of aromatic carboxylic acids is 1. The quantitative estimate of drug-likeness (QED) is 0.669. The molecule has 0 aliphatic heterocycles. The molecule has 0 spiro atoms. The van der Waals surface area contributed by atoms with Crippen LogP contribution in [0.3, 0.4) is 0 Å². The SMILES string of the molecule is CC(C)=CCSc1cc(Br)ccc1C(=O)O. The van der Waals surface area contributed by atoms with Gasteiger partial charge >= 0.3 is 5.97 Å². The molecule has 1 aromatic carbocycles. The first-order chi connectivity index (χ1) is 7.50. The van der Waals surface area contributed by atoms with Crippen LogP contribution in [0.4, 0.5) is 0 Å². The molecule has 0 fully saturated rings. The van der Waals surface area contributed by atoms with Crippen LogP contribution in [-0.2, 0) is 0 Å². The first-order valence-corrected chi connectivity index (χ1v) is 6.57. The van der Waals surface area contributed by atoms with Crippen molar-refractivity contribution >= 4 is 33.7 Å². The van der Waals surface area contributed by atoms with Crippen molar-refractivity contribution in [2.24, 2.45) is 0 Å². The highest BCUT2D eigenvalue weighted by Gasteiger charge is 2.09. The maximum atomic E-state index is 11.0. The van der Waals surface area contributed by atoms with Crippen molar-refractivity contribution in [1.29, 1.82) is 0 Å². The van der Waals surface area contributed by atoms with E-state index in [0.29, 0.717) is 5.56 Å². The molecular formula is C12H13BrO2S. The Labute approximate surface area is 108 Å². The minimum Gasteiger partial charge on any atom is -0.478 e. The average molecular weight is 301 g/mol. The van der Waals surface area contributed by atoms with E-state index in [1.807, 2.05) is 19.9 Å². The fraction of sp³-hybridized carbons (Fsp3) is 0.250. The molecule has 0 radical (unpaired) electrons. The summed E-state index contributed by atoms with van der Waals surface area (Å²) in [6.45, 7) is 4.05. The zero-order chi connectivity index (χ0) is 12.1. The lowest BCUT2D eigenvalue weighted by Gasteiger charge is -2.05. The Bertz CT molecular complexity index is 423. The van der Waals surface area contributed by atoms with Crippen LogP contribution in [0.5, 0.6) is 0 Å². The molecule has 0 heterocycles. The molecule has 86 valence electrons. The van der Waals surface area contributed by atoms with Gasteiger partial charge in [-0.2, -0.15) is 0 Å². The summed E-state index contributed by atoms with van der Waals surface area (Å²) >= 11 is 4.88. The zero-order valence-corrected chi connectivity index (χ0v) is 11.6. The predicted octanol–water partition coefficient (Wildman–Crippen LogP) is 4.21. The topological polar surface area (TPSA) is 37.3 Å². The second kappa shape index (κ2) is 6.11. The number of hydrogen-bond donors (Lipinski definition) is 1. The van der Waals surface area contributed by atoms with Crippen LogP contribution in [0.1, 0.15) is 24.2 Å². The van der Waals surface area contributed by atoms with Crippen LogP contribution in [0.2, 0.25) is 0 Å². The van der Waals surface area contributed by atoms with Crippen molar-refractivity contribution in [3.05, 3.63) is 39.9 Å². The summed E-state index contributed by atoms with van der Waals surface area (Å²) < 4.78 is 0.900. The van der Waals surface area contributed by atoms with E-state index in [4.69, 9.17) is 5.11 Å². The van der Waals surface area contributed by atoms with Crippen LogP contribution in [0.25, 0.3) is 0 Å². The van der Waals surface area contributed by atoms with Crippen molar-refractivity contribution < 1.29 is 9.90 Å². The number of allylic oxidation sites excluding steroid dienone is 1. The molecule has 0 saturated heterocycles. The number of carbonyl (C=O) groups is 1. The molecule has 1 aromatic rings. The van der Waals surface area contributed by atoms with E-state index < -0.39 is 5.97 Å². The Balaban J connectivity index is 2.88. The summed E-state index contributed by atoms with van der Waals surface area (Å²) in [5.41, 5.74) is 1.59. The van der Waals surface area contributed by atoms with Gasteiger partial charge in [0.2, 0.25) is 0 Å². The second-order valence-corrected chi connectivity index (χ2v) is 5.52. The number of benzene rings is 1. The fourth-order valence-electron chi connectivity index (χ4n) is 1.09. The maximum Gasteiger partial charge on any atom is 0.336 e. The van der Waals surface area contributed by atoms with E-state index >= 15 is 0 Å². The average Bonchev–Trinajstić information content (AvgIpc) is 2.16. The van der Waals surface area contributed by atoms with Gasteiger partial charge in [0.15, 0.2) is 0 Å². The van der Waals surface area contributed by atoms with E-state index in [2.05, 4.69) is 22.0 Å². The fourth-order valence-corrected chi connectivity index (χ4v) is 2.72. The number of carboxylic acid groups (broad SMARTS) is 1. The molecule has 1 rings (SSSR count). The molecule has 4 heteroatoms. The third kappa shape index (κ3) is 4.02. The van der Waals surface area contributed by atoms with Crippen molar-refractivity contribution in [3.8, 4) is 0 Å². The monoisotopic (exact) mass is 300 g/mol. The summed E-state index contributed by atoms with van der Waals surface area (Å²) in [5, 5.41) is 9.02. The highest BCUT2D eigenvalue weighted by Crippen LogP contribution is 2.26. The summed E-state index contributed by atoms with van der Waals surface area (Å²) in [6.07, 6.45) is 2.08. The second-order valence-electron chi connectivity index (χ2n) is 3.54. The van der Waals surface area contributed by atoms with Gasteiger partial charge in [0.05, 0.1) is 5.56 Å². The molecule has 0 amide bonds. The van der Waals surface area contributed by atoms with Crippen molar-refractivity contribution in [3.63, 3.8) is 0 Å². The molecule has 0 aromatic heterocycles. The van der Waals surface area contributed by atoms with Crippen molar-refractivity contribution in [2.45, 2.75) is 18.7 Å². The largest absolute Gasteiger partial charge is 0.478 e. The van der Waals surface area contributed by atoms with Gasteiger partial charge in [-0.25, -0.2) is 4.79 Å². The van der Waals surface area contributed by atoms with E-state index in [0.717, 1.165) is 15.1 Å². The molecule has 16 heavy (non-hydrogen) atoms. The first kappa shape index (κ1) is 13.3. The third-order valence-electron chi connectivity index (χ3n) is 1.90. The number of halogens is 1. The molecule has 0 aliphatic carbocycles. The summed E-state index contributed by atoms with van der Waals surface area (Å²) in [4.78, 5) is 11.8. The Hall–Kier alpha value is -0.740. The van der Waals surface area contributed by atoms with Crippen LogP contribution < -0.4 is 0 Å². The number of thioether (sulfide) groups is 1. The molecule has 1 N–H and O–H groups in total. The predicted molar refractivity (Wildman–Crippen MR) is 71.3 cm³/mol. The van der Waals surface area contributed by atoms with Gasteiger partial charge in [-0.15, -0.1) is 11.8 Å². The van der Waals surface area contributed by atoms with Gasteiger partial charge in [0, 0.05) is 15.1 Å². The molecule has 0 saturated carbocycles. The van der Waals surface area contributed by atoms with E-state index in [9.17, 15) is 4.79 Å². The number of hydrogen-bond acceptors (Lipinski definition) is 2. The lowest BCUT2D eigenvalue weighted by Crippen LogP contribution is -1.98. The van der Waals surface area contributed by atoms with Crippen LogP contribution in [0.15, 0.2) is 39.2 Å². The van der Waals surface area contributed by atoms with Crippen LogP contribution >= 0.6 is 27.7 Å².